The van der Waals surface area contributed by atoms with Gasteiger partial charge in [-0.2, -0.15) is 0 Å². The summed E-state index contributed by atoms with van der Waals surface area (Å²) in [7, 11) is 0. The minimum Gasteiger partial charge on any atom is -0.444 e. The van der Waals surface area contributed by atoms with Gasteiger partial charge in [-0.15, -0.1) is 0 Å². The number of amides is 1. The fraction of sp³-hybridized carbons (Fsp3) is 0.929. The van der Waals surface area contributed by atoms with E-state index in [1.165, 1.54) is 0 Å². The molecule has 0 bridgehead atoms. The highest BCUT2D eigenvalue weighted by Gasteiger charge is 2.38. The molecule has 0 aromatic carbocycles. The van der Waals surface area contributed by atoms with E-state index in [4.69, 9.17) is 4.74 Å². The van der Waals surface area contributed by atoms with Crippen LogP contribution in [0.5, 0.6) is 0 Å². The summed E-state index contributed by atoms with van der Waals surface area (Å²) in [4.78, 5) is 11.5. The summed E-state index contributed by atoms with van der Waals surface area (Å²) in [5.74, 6) is 0. The predicted molar refractivity (Wildman–Crippen MR) is 73.6 cm³/mol. The normalized spacial score (nSPS) is 23.7. The second-order valence-electron chi connectivity index (χ2n) is 7.36. The average molecular weight is 256 g/mol. The molecule has 0 aromatic rings. The summed E-state index contributed by atoms with van der Waals surface area (Å²) in [5.41, 5.74) is -0.0654. The minimum atomic E-state index is -0.422. The zero-order valence-electron chi connectivity index (χ0n) is 12.6. The van der Waals surface area contributed by atoms with Crippen LogP contribution in [0.1, 0.15) is 54.4 Å². The van der Waals surface area contributed by atoms with Crippen LogP contribution in [0, 0.1) is 5.41 Å². The Morgan fingerprint density at radius 2 is 1.78 bits per heavy atom. The van der Waals surface area contributed by atoms with Crippen LogP contribution in [0.4, 0.5) is 4.79 Å². The molecule has 0 saturated heterocycles. The highest BCUT2D eigenvalue weighted by molar-refractivity contribution is 5.68. The van der Waals surface area contributed by atoms with Gasteiger partial charge in [-0.05, 0) is 45.6 Å². The Morgan fingerprint density at radius 1 is 1.17 bits per heavy atom. The van der Waals surface area contributed by atoms with Gasteiger partial charge in [0.25, 0.3) is 0 Å². The number of nitrogens with one attached hydrogen (secondary N) is 2. The molecule has 0 aliphatic heterocycles. The molecule has 1 fully saturated rings. The molecule has 0 heterocycles. The zero-order chi connectivity index (χ0) is 14.0. The van der Waals surface area contributed by atoms with Gasteiger partial charge in [-0.1, -0.05) is 20.8 Å². The van der Waals surface area contributed by atoms with Crippen molar-refractivity contribution in [2.75, 3.05) is 6.54 Å². The molecule has 0 radical (unpaired) electrons. The zero-order valence-corrected chi connectivity index (χ0v) is 12.6. The van der Waals surface area contributed by atoms with Crippen LogP contribution in [0.2, 0.25) is 0 Å². The fourth-order valence-electron chi connectivity index (χ4n) is 1.67. The Morgan fingerprint density at radius 3 is 2.28 bits per heavy atom. The summed E-state index contributed by atoms with van der Waals surface area (Å²) < 4.78 is 5.22. The molecular formula is C14H28N2O2. The summed E-state index contributed by atoms with van der Waals surface area (Å²) >= 11 is 0. The van der Waals surface area contributed by atoms with Crippen molar-refractivity contribution in [3.63, 3.8) is 0 Å². The maximum atomic E-state index is 11.5. The highest BCUT2D eigenvalue weighted by atomic mass is 16.6. The number of hydrogen-bond acceptors (Lipinski definition) is 3. The van der Waals surface area contributed by atoms with Gasteiger partial charge in [-0.25, -0.2) is 4.79 Å². The van der Waals surface area contributed by atoms with E-state index >= 15 is 0 Å². The number of carbonyl (C=O) groups excluding carboxylic acids is 1. The van der Waals surface area contributed by atoms with Crippen molar-refractivity contribution in [1.29, 1.82) is 0 Å². The second kappa shape index (κ2) is 5.47. The van der Waals surface area contributed by atoms with Gasteiger partial charge in [0, 0.05) is 12.1 Å². The largest absolute Gasteiger partial charge is 0.444 e. The lowest BCUT2D eigenvalue weighted by molar-refractivity contribution is 0.0522. The number of hydrogen-bond donors (Lipinski definition) is 2. The molecule has 0 spiro atoms. The van der Waals surface area contributed by atoms with Crippen molar-refractivity contribution in [3.8, 4) is 0 Å². The molecular weight excluding hydrogens is 228 g/mol. The monoisotopic (exact) mass is 256 g/mol. The van der Waals surface area contributed by atoms with E-state index in [1.807, 2.05) is 20.8 Å². The molecule has 1 rings (SSSR count). The number of carbonyl (C=O) groups is 1. The topological polar surface area (TPSA) is 50.4 Å². The first-order valence-corrected chi connectivity index (χ1v) is 6.80. The molecule has 1 aliphatic carbocycles. The van der Waals surface area contributed by atoms with E-state index in [0.717, 1.165) is 19.4 Å². The first-order chi connectivity index (χ1) is 8.07. The van der Waals surface area contributed by atoms with Gasteiger partial charge in [0.05, 0.1) is 0 Å². The number of rotatable bonds is 4. The lowest BCUT2D eigenvalue weighted by Crippen LogP contribution is -2.37. The van der Waals surface area contributed by atoms with Crippen LogP contribution >= 0.6 is 0 Å². The van der Waals surface area contributed by atoms with Crippen LogP contribution in [0.15, 0.2) is 0 Å². The SMILES string of the molecule is CC(C)(C)CCNC1CC1NC(=O)OC(C)(C)C. The first-order valence-electron chi connectivity index (χ1n) is 6.80. The molecule has 2 atom stereocenters. The number of alkyl carbamates (subject to hydrolysis) is 1. The number of ether oxygens (including phenoxy) is 1. The highest BCUT2D eigenvalue weighted by Crippen LogP contribution is 2.23. The maximum absolute atomic E-state index is 11.5. The summed E-state index contributed by atoms with van der Waals surface area (Å²) in [5, 5.41) is 6.35. The van der Waals surface area contributed by atoms with Crippen LogP contribution in [0.25, 0.3) is 0 Å². The Hall–Kier alpha value is -0.770. The van der Waals surface area contributed by atoms with E-state index in [-0.39, 0.29) is 12.1 Å². The van der Waals surface area contributed by atoms with Gasteiger partial charge >= 0.3 is 6.09 Å². The molecule has 2 unspecified atom stereocenters. The molecule has 4 heteroatoms. The van der Waals surface area contributed by atoms with Crippen LogP contribution < -0.4 is 10.6 Å². The van der Waals surface area contributed by atoms with Gasteiger partial charge in [-0.3, -0.25) is 0 Å². The molecule has 2 N–H and O–H groups in total. The van der Waals surface area contributed by atoms with E-state index in [0.29, 0.717) is 11.5 Å². The Kier molecular flexibility index (Phi) is 4.65. The molecule has 106 valence electrons. The van der Waals surface area contributed by atoms with E-state index in [9.17, 15) is 4.79 Å². The van der Waals surface area contributed by atoms with Crippen LogP contribution in [-0.4, -0.2) is 30.3 Å². The molecule has 1 saturated carbocycles. The Bertz CT molecular complexity index is 289. The summed E-state index contributed by atoms with van der Waals surface area (Å²) in [6.45, 7) is 13.3. The van der Waals surface area contributed by atoms with Crippen LogP contribution in [0.3, 0.4) is 0 Å². The van der Waals surface area contributed by atoms with Gasteiger partial charge in [0.1, 0.15) is 5.60 Å². The Labute approximate surface area is 111 Å². The van der Waals surface area contributed by atoms with Gasteiger partial charge in [0.2, 0.25) is 0 Å². The standard InChI is InChI=1S/C14H28N2O2/c1-13(2,3)7-8-15-10-9-11(10)16-12(17)18-14(4,5)6/h10-11,15H,7-9H2,1-6H3,(H,16,17). The predicted octanol–water partition coefficient (Wildman–Crippen LogP) is 2.68. The maximum Gasteiger partial charge on any atom is 0.407 e. The summed E-state index contributed by atoms with van der Waals surface area (Å²) in [6, 6.07) is 0.652. The lowest BCUT2D eigenvalue weighted by Gasteiger charge is -2.20. The third kappa shape index (κ3) is 6.84. The lowest BCUT2D eigenvalue weighted by atomic mass is 9.92. The first kappa shape index (κ1) is 15.3. The van der Waals surface area contributed by atoms with Crippen molar-refractivity contribution in [2.45, 2.75) is 72.1 Å². The van der Waals surface area contributed by atoms with E-state index in [1.54, 1.807) is 0 Å². The summed E-state index contributed by atoms with van der Waals surface area (Å²) in [6.07, 6.45) is 1.83. The molecule has 1 amide bonds. The van der Waals surface area contributed by atoms with E-state index < -0.39 is 5.60 Å². The van der Waals surface area contributed by atoms with Crippen molar-refractivity contribution < 1.29 is 9.53 Å². The van der Waals surface area contributed by atoms with Crippen molar-refractivity contribution in [1.82, 2.24) is 10.6 Å². The minimum absolute atomic E-state index is 0.236. The molecule has 4 nitrogen and oxygen atoms in total. The average Bonchev–Trinajstić information content (AvgIpc) is 2.76. The molecule has 0 aromatic heterocycles. The van der Waals surface area contributed by atoms with Gasteiger partial charge in [0.15, 0.2) is 0 Å². The molecule has 18 heavy (non-hydrogen) atoms. The molecule has 1 aliphatic rings. The second-order valence-corrected chi connectivity index (χ2v) is 7.36. The quantitative estimate of drug-likeness (QED) is 0.813. The van der Waals surface area contributed by atoms with E-state index in [2.05, 4.69) is 31.4 Å². The van der Waals surface area contributed by atoms with Gasteiger partial charge < -0.3 is 15.4 Å². The van der Waals surface area contributed by atoms with Crippen LogP contribution in [-0.2, 0) is 4.74 Å². The fourth-order valence-corrected chi connectivity index (χ4v) is 1.67. The van der Waals surface area contributed by atoms with Crippen molar-refractivity contribution in [2.24, 2.45) is 5.41 Å². The smallest absolute Gasteiger partial charge is 0.407 e. The van der Waals surface area contributed by atoms with Crippen molar-refractivity contribution >= 4 is 6.09 Å². The Balaban J connectivity index is 2.12. The third-order valence-electron chi connectivity index (χ3n) is 2.77. The van der Waals surface area contributed by atoms with Crippen molar-refractivity contribution in [3.05, 3.63) is 0 Å². The third-order valence-corrected chi connectivity index (χ3v) is 2.77.